The van der Waals surface area contributed by atoms with Crippen LogP contribution in [0.1, 0.15) is 30.6 Å². The molecule has 1 aromatic heterocycles. The van der Waals surface area contributed by atoms with Crippen LogP contribution in [0.4, 0.5) is 0 Å². The molecule has 1 aromatic rings. The maximum atomic E-state index is 11.8. The molecule has 0 spiro atoms. The highest BCUT2D eigenvalue weighted by Crippen LogP contribution is 2.20. The van der Waals surface area contributed by atoms with Crippen LogP contribution in [0.2, 0.25) is 0 Å². The lowest BCUT2D eigenvalue weighted by Crippen LogP contribution is -2.34. The van der Waals surface area contributed by atoms with E-state index in [2.05, 4.69) is 41.8 Å². The van der Waals surface area contributed by atoms with E-state index in [1.54, 1.807) is 18.4 Å². The fourth-order valence-corrected chi connectivity index (χ4v) is 2.64. The Bertz CT molecular complexity index is 376. The second kappa shape index (κ2) is 6.70. The van der Waals surface area contributed by atoms with Gasteiger partial charge in [0.25, 0.3) is 5.91 Å². The van der Waals surface area contributed by atoms with Crippen molar-refractivity contribution in [3.63, 3.8) is 0 Å². The molecule has 0 aliphatic rings. The summed E-state index contributed by atoms with van der Waals surface area (Å²) in [5.41, 5.74) is 0.816. The zero-order chi connectivity index (χ0) is 12.9. The number of carbonyl (C=O) groups excluding carboxylic acids is 1. The summed E-state index contributed by atoms with van der Waals surface area (Å²) in [5, 5.41) is 4.86. The number of ether oxygens (including phenoxy) is 1. The molecule has 1 N–H and O–H groups in total. The van der Waals surface area contributed by atoms with Crippen LogP contribution in [-0.2, 0) is 4.74 Å². The third-order valence-electron chi connectivity index (χ3n) is 2.54. The summed E-state index contributed by atoms with van der Waals surface area (Å²) >= 11 is 3.80. The third kappa shape index (κ3) is 5.35. The summed E-state index contributed by atoms with van der Waals surface area (Å²) in [6.07, 6.45) is 0.935. The molecule has 0 bridgehead atoms. The number of nitrogens with one attached hydrogen (secondary N) is 1. The van der Waals surface area contributed by atoms with Crippen molar-refractivity contribution in [2.75, 3.05) is 20.3 Å². The fourth-order valence-electron chi connectivity index (χ4n) is 1.32. The van der Waals surface area contributed by atoms with Gasteiger partial charge in [0.15, 0.2) is 0 Å². The van der Waals surface area contributed by atoms with Gasteiger partial charge in [-0.15, -0.1) is 11.3 Å². The van der Waals surface area contributed by atoms with Gasteiger partial charge in [-0.25, -0.2) is 0 Å². The molecule has 17 heavy (non-hydrogen) atoms. The number of hydrogen-bond acceptors (Lipinski definition) is 3. The molecule has 0 saturated carbocycles. The van der Waals surface area contributed by atoms with E-state index >= 15 is 0 Å². The van der Waals surface area contributed by atoms with Crippen molar-refractivity contribution in [3.8, 4) is 0 Å². The second-order valence-corrected chi connectivity index (χ2v) is 7.53. The molecule has 1 amide bonds. The molecule has 1 heterocycles. The average molecular weight is 367 g/mol. The number of methoxy groups -OCH3 is 1. The van der Waals surface area contributed by atoms with Crippen LogP contribution >= 0.6 is 33.9 Å². The van der Waals surface area contributed by atoms with Crippen molar-refractivity contribution in [2.45, 2.75) is 20.3 Å². The standard InChI is InChI=1S/C12H18INO2S/c1-12(2,4-5-16-3)8-14-11(15)9-6-10(13)17-7-9/h6-7H,4-5,8H2,1-3H3,(H,14,15). The topological polar surface area (TPSA) is 38.3 Å². The summed E-state index contributed by atoms with van der Waals surface area (Å²) in [4.78, 5) is 11.8. The highest BCUT2D eigenvalue weighted by molar-refractivity contribution is 14.1. The van der Waals surface area contributed by atoms with Gasteiger partial charge in [0.1, 0.15) is 0 Å². The first-order valence-corrected chi connectivity index (χ1v) is 7.41. The van der Waals surface area contributed by atoms with Gasteiger partial charge in [0, 0.05) is 25.6 Å². The van der Waals surface area contributed by atoms with Gasteiger partial charge in [-0.3, -0.25) is 4.79 Å². The Hall–Kier alpha value is -0.140. The van der Waals surface area contributed by atoms with Crippen molar-refractivity contribution in [3.05, 3.63) is 19.9 Å². The molecular weight excluding hydrogens is 349 g/mol. The Morgan fingerprint density at radius 2 is 2.29 bits per heavy atom. The minimum atomic E-state index is 0.00894. The normalized spacial score (nSPS) is 11.5. The Morgan fingerprint density at radius 1 is 1.59 bits per heavy atom. The van der Waals surface area contributed by atoms with Crippen molar-refractivity contribution < 1.29 is 9.53 Å². The number of hydrogen-bond donors (Lipinski definition) is 1. The van der Waals surface area contributed by atoms with Gasteiger partial charge in [0.2, 0.25) is 0 Å². The van der Waals surface area contributed by atoms with Crippen LogP contribution in [0.5, 0.6) is 0 Å². The molecule has 0 aromatic carbocycles. The van der Waals surface area contributed by atoms with E-state index in [9.17, 15) is 4.79 Å². The smallest absolute Gasteiger partial charge is 0.252 e. The van der Waals surface area contributed by atoms with Crippen molar-refractivity contribution >= 4 is 39.8 Å². The van der Waals surface area contributed by atoms with Crippen LogP contribution in [-0.4, -0.2) is 26.2 Å². The SMILES string of the molecule is COCCC(C)(C)CNC(=O)c1csc(I)c1. The van der Waals surface area contributed by atoms with E-state index in [1.807, 2.05) is 11.4 Å². The zero-order valence-corrected chi connectivity index (χ0v) is 13.4. The molecule has 0 saturated heterocycles. The Kier molecular flexibility index (Phi) is 5.88. The minimum Gasteiger partial charge on any atom is -0.385 e. The fraction of sp³-hybridized carbons (Fsp3) is 0.583. The zero-order valence-electron chi connectivity index (χ0n) is 10.4. The van der Waals surface area contributed by atoms with Crippen LogP contribution < -0.4 is 5.32 Å². The predicted molar refractivity (Wildman–Crippen MR) is 79.6 cm³/mol. The lowest BCUT2D eigenvalue weighted by atomic mass is 9.89. The first kappa shape index (κ1) is 14.9. The second-order valence-electron chi connectivity index (χ2n) is 4.73. The van der Waals surface area contributed by atoms with E-state index in [-0.39, 0.29) is 11.3 Å². The number of halogens is 1. The maximum absolute atomic E-state index is 11.8. The quantitative estimate of drug-likeness (QED) is 0.785. The Labute approximate surface area is 120 Å². The minimum absolute atomic E-state index is 0.00894. The van der Waals surface area contributed by atoms with E-state index in [1.165, 1.54) is 0 Å². The van der Waals surface area contributed by atoms with E-state index in [0.29, 0.717) is 6.54 Å². The molecule has 0 unspecified atom stereocenters. The monoisotopic (exact) mass is 367 g/mol. The lowest BCUT2D eigenvalue weighted by Gasteiger charge is -2.24. The van der Waals surface area contributed by atoms with Gasteiger partial charge < -0.3 is 10.1 Å². The molecule has 0 aliphatic carbocycles. The summed E-state index contributed by atoms with van der Waals surface area (Å²) in [6.45, 7) is 5.65. The summed E-state index contributed by atoms with van der Waals surface area (Å²) in [7, 11) is 1.70. The molecule has 1 rings (SSSR count). The highest BCUT2D eigenvalue weighted by Gasteiger charge is 2.19. The van der Waals surface area contributed by atoms with Crippen LogP contribution in [0.25, 0.3) is 0 Å². The van der Waals surface area contributed by atoms with Gasteiger partial charge in [-0.2, -0.15) is 0 Å². The van der Waals surface area contributed by atoms with E-state index in [4.69, 9.17) is 4.74 Å². The van der Waals surface area contributed by atoms with Gasteiger partial charge in [-0.05, 0) is 40.5 Å². The molecular formula is C12H18INO2S. The van der Waals surface area contributed by atoms with E-state index < -0.39 is 0 Å². The van der Waals surface area contributed by atoms with Crippen LogP contribution in [0, 0.1) is 8.30 Å². The Balaban J connectivity index is 2.42. The molecule has 0 fully saturated rings. The largest absolute Gasteiger partial charge is 0.385 e. The molecule has 0 radical (unpaired) electrons. The van der Waals surface area contributed by atoms with Gasteiger partial charge in [-0.1, -0.05) is 13.8 Å². The van der Waals surface area contributed by atoms with Crippen LogP contribution in [0.15, 0.2) is 11.4 Å². The van der Waals surface area contributed by atoms with E-state index in [0.717, 1.165) is 21.5 Å². The van der Waals surface area contributed by atoms with Crippen LogP contribution in [0.3, 0.4) is 0 Å². The molecule has 5 heteroatoms. The molecule has 0 atom stereocenters. The van der Waals surface area contributed by atoms with Gasteiger partial charge >= 0.3 is 0 Å². The molecule has 0 aliphatic heterocycles. The summed E-state index contributed by atoms with van der Waals surface area (Å²) in [5.74, 6) is 0.00894. The van der Waals surface area contributed by atoms with Crippen molar-refractivity contribution in [1.82, 2.24) is 5.32 Å². The maximum Gasteiger partial charge on any atom is 0.252 e. The first-order chi connectivity index (χ1) is 7.94. The van der Waals surface area contributed by atoms with Gasteiger partial charge in [0.05, 0.1) is 8.45 Å². The number of amides is 1. The number of rotatable bonds is 6. The number of carbonyl (C=O) groups is 1. The first-order valence-electron chi connectivity index (χ1n) is 5.46. The van der Waals surface area contributed by atoms with Crippen molar-refractivity contribution in [2.24, 2.45) is 5.41 Å². The lowest BCUT2D eigenvalue weighted by molar-refractivity contribution is 0.0921. The summed E-state index contributed by atoms with van der Waals surface area (Å²) in [6, 6.07) is 1.91. The summed E-state index contributed by atoms with van der Waals surface area (Å²) < 4.78 is 6.19. The predicted octanol–water partition coefficient (Wildman–Crippen LogP) is 3.15. The average Bonchev–Trinajstić information content (AvgIpc) is 2.70. The molecule has 96 valence electrons. The molecule has 3 nitrogen and oxygen atoms in total. The van der Waals surface area contributed by atoms with Crippen molar-refractivity contribution in [1.29, 1.82) is 0 Å². The highest BCUT2D eigenvalue weighted by atomic mass is 127. The Morgan fingerprint density at radius 3 is 2.82 bits per heavy atom. The number of thiophene rings is 1. The third-order valence-corrected chi connectivity index (χ3v) is 4.33.